The number of nitrogens with zero attached hydrogens (tertiary/aromatic N) is 4. The summed E-state index contributed by atoms with van der Waals surface area (Å²) in [5, 5.41) is 4.02. The molecule has 0 atom stereocenters. The zero-order valence-electron chi connectivity index (χ0n) is 18.2. The summed E-state index contributed by atoms with van der Waals surface area (Å²) in [5.74, 6) is -0.152. The summed E-state index contributed by atoms with van der Waals surface area (Å²) in [6.07, 6.45) is 0.0165. The molecule has 0 spiro atoms. The maximum Gasteiger partial charge on any atom is 0.261 e. The molecule has 0 saturated carbocycles. The maximum atomic E-state index is 12.9. The third-order valence-corrected chi connectivity index (χ3v) is 5.45. The van der Waals surface area contributed by atoms with Gasteiger partial charge in [-0.15, -0.1) is 0 Å². The summed E-state index contributed by atoms with van der Waals surface area (Å²) < 4.78 is 5.36. The number of carbonyl (C=O) groups is 3. The minimum absolute atomic E-state index is 0.0165. The van der Waals surface area contributed by atoms with Gasteiger partial charge in [-0.25, -0.2) is 0 Å². The third-order valence-electron chi connectivity index (χ3n) is 5.45. The number of carbonyl (C=O) groups excluding carboxylic acids is 3. The van der Waals surface area contributed by atoms with Gasteiger partial charge in [0.05, 0.1) is 11.1 Å². The molecule has 1 aliphatic heterocycles. The van der Waals surface area contributed by atoms with Crippen LogP contribution in [0, 0.1) is 6.92 Å². The van der Waals surface area contributed by atoms with Gasteiger partial charge in [-0.3, -0.25) is 19.3 Å². The van der Waals surface area contributed by atoms with Crippen molar-refractivity contribution < 1.29 is 18.9 Å². The molecule has 1 aliphatic rings. The fourth-order valence-electron chi connectivity index (χ4n) is 3.64. The van der Waals surface area contributed by atoms with Crippen molar-refractivity contribution in [2.24, 2.45) is 0 Å². The van der Waals surface area contributed by atoms with Crippen molar-refractivity contribution in [3.8, 4) is 11.4 Å². The Labute approximate surface area is 185 Å². The van der Waals surface area contributed by atoms with Crippen molar-refractivity contribution in [3.05, 3.63) is 71.1 Å². The van der Waals surface area contributed by atoms with E-state index >= 15 is 0 Å². The first kappa shape index (κ1) is 21.4. The first-order valence-corrected chi connectivity index (χ1v) is 10.5. The zero-order chi connectivity index (χ0) is 22.8. The fourth-order valence-corrected chi connectivity index (χ4v) is 3.64. The zero-order valence-corrected chi connectivity index (χ0v) is 18.2. The molecular formula is C24H24N4O4. The van der Waals surface area contributed by atoms with E-state index in [2.05, 4.69) is 10.1 Å². The van der Waals surface area contributed by atoms with Crippen LogP contribution in [0.15, 0.2) is 53.1 Å². The van der Waals surface area contributed by atoms with Crippen LogP contribution in [0.25, 0.3) is 11.4 Å². The SMILES string of the molecule is Cc1ccc(-c2noc(CN(C(=O)CCN3C(=O)c4ccccc4C3=O)C(C)C)n2)cc1. The molecule has 3 aromatic rings. The predicted octanol–water partition coefficient (Wildman–Crippen LogP) is 3.47. The minimum atomic E-state index is -0.367. The van der Waals surface area contributed by atoms with E-state index in [1.165, 1.54) is 0 Å². The van der Waals surface area contributed by atoms with Crippen molar-refractivity contribution in [2.75, 3.05) is 6.54 Å². The molecular weight excluding hydrogens is 408 g/mol. The molecule has 0 aliphatic carbocycles. The number of imide groups is 1. The average molecular weight is 432 g/mol. The van der Waals surface area contributed by atoms with Crippen molar-refractivity contribution in [1.29, 1.82) is 0 Å². The number of rotatable bonds is 7. The highest BCUT2D eigenvalue weighted by atomic mass is 16.5. The molecule has 0 radical (unpaired) electrons. The standard InChI is InChI=1S/C24H24N4O4/c1-15(2)28(14-20-25-22(26-32-20)17-10-8-16(3)9-11-17)21(29)12-13-27-23(30)18-6-4-5-7-19(18)24(27)31/h4-11,15H,12-14H2,1-3H3. The summed E-state index contributed by atoms with van der Waals surface area (Å²) >= 11 is 0. The monoisotopic (exact) mass is 432 g/mol. The number of fused-ring (bicyclic) bond motifs is 1. The number of benzene rings is 2. The Morgan fingerprint density at radius 3 is 2.25 bits per heavy atom. The molecule has 8 heteroatoms. The van der Waals surface area contributed by atoms with E-state index in [-0.39, 0.29) is 43.3 Å². The highest BCUT2D eigenvalue weighted by Gasteiger charge is 2.35. The Hall–Kier alpha value is -3.81. The van der Waals surface area contributed by atoms with Gasteiger partial charge in [0, 0.05) is 24.6 Å². The molecule has 32 heavy (non-hydrogen) atoms. The summed E-state index contributed by atoms with van der Waals surface area (Å²) in [5.41, 5.74) is 2.71. The Kier molecular flexibility index (Phi) is 5.85. The lowest BCUT2D eigenvalue weighted by Gasteiger charge is -2.26. The third kappa shape index (κ3) is 4.16. The molecule has 3 amide bonds. The molecule has 2 heterocycles. The van der Waals surface area contributed by atoms with E-state index in [1.54, 1.807) is 29.2 Å². The molecule has 8 nitrogen and oxygen atoms in total. The van der Waals surface area contributed by atoms with Gasteiger partial charge >= 0.3 is 0 Å². The van der Waals surface area contributed by atoms with Crippen molar-refractivity contribution in [3.63, 3.8) is 0 Å². The van der Waals surface area contributed by atoms with Crippen molar-refractivity contribution in [1.82, 2.24) is 19.9 Å². The normalized spacial score (nSPS) is 13.1. The van der Waals surface area contributed by atoms with Crippen molar-refractivity contribution >= 4 is 17.7 Å². The highest BCUT2D eigenvalue weighted by Crippen LogP contribution is 2.23. The Bertz CT molecular complexity index is 1130. The first-order valence-electron chi connectivity index (χ1n) is 10.5. The van der Waals surface area contributed by atoms with Gasteiger partial charge in [0.2, 0.25) is 17.6 Å². The van der Waals surface area contributed by atoms with Crippen LogP contribution in [0.3, 0.4) is 0 Å². The van der Waals surface area contributed by atoms with Crippen LogP contribution in [-0.2, 0) is 11.3 Å². The molecule has 0 N–H and O–H groups in total. The van der Waals surface area contributed by atoms with Crippen LogP contribution in [0.4, 0.5) is 0 Å². The van der Waals surface area contributed by atoms with E-state index in [0.717, 1.165) is 16.0 Å². The fraction of sp³-hybridized carbons (Fsp3) is 0.292. The maximum absolute atomic E-state index is 12.9. The Morgan fingerprint density at radius 1 is 1.03 bits per heavy atom. The summed E-state index contributed by atoms with van der Waals surface area (Å²) in [7, 11) is 0. The smallest absolute Gasteiger partial charge is 0.261 e. The molecule has 0 saturated heterocycles. The van der Waals surface area contributed by atoms with Crippen LogP contribution < -0.4 is 0 Å². The van der Waals surface area contributed by atoms with Crippen molar-refractivity contribution in [2.45, 2.75) is 39.8 Å². The topological polar surface area (TPSA) is 96.6 Å². The molecule has 0 fully saturated rings. The van der Waals surface area contributed by atoms with Crippen LogP contribution >= 0.6 is 0 Å². The van der Waals surface area contributed by atoms with Gasteiger partial charge in [-0.05, 0) is 32.9 Å². The summed E-state index contributed by atoms with van der Waals surface area (Å²) in [6.45, 7) is 5.94. The molecule has 164 valence electrons. The number of amides is 3. The second kappa shape index (κ2) is 8.74. The predicted molar refractivity (Wildman–Crippen MR) is 117 cm³/mol. The molecule has 1 aromatic heterocycles. The van der Waals surface area contributed by atoms with E-state index < -0.39 is 0 Å². The Morgan fingerprint density at radius 2 is 1.66 bits per heavy atom. The Balaban J connectivity index is 1.41. The minimum Gasteiger partial charge on any atom is -0.337 e. The highest BCUT2D eigenvalue weighted by molar-refractivity contribution is 6.21. The van der Waals surface area contributed by atoms with Gasteiger partial charge in [-0.2, -0.15) is 4.98 Å². The second-order valence-electron chi connectivity index (χ2n) is 8.05. The average Bonchev–Trinajstić information content (AvgIpc) is 3.34. The number of aromatic nitrogens is 2. The van der Waals surface area contributed by atoms with E-state index in [1.807, 2.05) is 45.0 Å². The molecule has 2 aromatic carbocycles. The van der Waals surface area contributed by atoms with Crippen LogP contribution in [0.5, 0.6) is 0 Å². The van der Waals surface area contributed by atoms with Crippen LogP contribution in [-0.4, -0.2) is 50.2 Å². The van der Waals surface area contributed by atoms with E-state index in [9.17, 15) is 14.4 Å². The molecule has 0 unspecified atom stereocenters. The summed E-state index contributed by atoms with van der Waals surface area (Å²) in [6, 6.07) is 14.3. The largest absolute Gasteiger partial charge is 0.337 e. The van der Waals surface area contributed by atoms with Gasteiger partial charge < -0.3 is 9.42 Å². The lowest BCUT2D eigenvalue weighted by molar-refractivity contribution is -0.134. The molecule has 0 bridgehead atoms. The lowest BCUT2D eigenvalue weighted by Crippen LogP contribution is -2.39. The number of hydrogen-bond donors (Lipinski definition) is 0. The van der Waals surface area contributed by atoms with E-state index in [4.69, 9.17) is 4.52 Å². The lowest BCUT2D eigenvalue weighted by atomic mass is 10.1. The van der Waals surface area contributed by atoms with E-state index in [0.29, 0.717) is 22.8 Å². The van der Waals surface area contributed by atoms with Gasteiger partial charge in [-0.1, -0.05) is 47.1 Å². The van der Waals surface area contributed by atoms with Gasteiger partial charge in [0.15, 0.2) is 0 Å². The van der Waals surface area contributed by atoms with Gasteiger partial charge in [0.25, 0.3) is 11.8 Å². The first-order chi connectivity index (χ1) is 15.3. The van der Waals surface area contributed by atoms with Crippen LogP contribution in [0.2, 0.25) is 0 Å². The second-order valence-corrected chi connectivity index (χ2v) is 8.05. The van der Waals surface area contributed by atoms with Crippen LogP contribution in [0.1, 0.15) is 52.4 Å². The number of hydrogen-bond acceptors (Lipinski definition) is 6. The quantitative estimate of drug-likeness (QED) is 0.531. The summed E-state index contributed by atoms with van der Waals surface area (Å²) in [4.78, 5) is 45.1. The number of aryl methyl sites for hydroxylation is 1. The molecule has 4 rings (SSSR count). The van der Waals surface area contributed by atoms with Gasteiger partial charge in [0.1, 0.15) is 6.54 Å².